The van der Waals surface area contributed by atoms with Crippen molar-refractivity contribution in [2.45, 2.75) is 13.0 Å². The number of aromatic nitrogens is 2. The minimum atomic E-state index is -0.504. The largest absolute Gasteiger partial charge is 0.369 e. The Bertz CT molecular complexity index is 977. The van der Waals surface area contributed by atoms with E-state index in [4.69, 9.17) is 5.73 Å². The Kier molecular flexibility index (Phi) is 4.51. The molecule has 5 rings (SSSR count). The average molecular weight is 370 g/mol. The number of fused-ring (bicyclic) bond motifs is 2. The van der Waals surface area contributed by atoms with Crippen molar-refractivity contribution in [1.82, 2.24) is 9.55 Å². The summed E-state index contributed by atoms with van der Waals surface area (Å²) >= 11 is 0. The second kappa shape index (κ2) is 6.98. The van der Waals surface area contributed by atoms with Crippen LogP contribution in [0.2, 0.25) is 0 Å². The average Bonchev–Trinajstić information content (AvgIpc) is 3.05. The van der Waals surface area contributed by atoms with Crippen LogP contribution in [0.1, 0.15) is 6.42 Å². The fraction of sp³-hybridized carbons (Fsp3) is 0.300. The van der Waals surface area contributed by atoms with Gasteiger partial charge in [0.25, 0.3) is 0 Å². The number of nitrogens with zero attached hydrogens (tertiary/aromatic N) is 3. The van der Waals surface area contributed by atoms with E-state index >= 15 is 0 Å². The van der Waals surface area contributed by atoms with Gasteiger partial charge in [0, 0.05) is 19.2 Å². The number of primary amides is 1. The number of nitrogens with two attached hydrogens (primary N) is 1. The van der Waals surface area contributed by atoms with Crippen molar-refractivity contribution in [1.29, 1.82) is 0 Å². The van der Waals surface area contributed by atoms with E-state index in [0.29, 0.717) is 5.69 Å². The van der Waals surface area contributed by atoms with Crippen LogP contribution in [0.3, 0.4) is 0 Å². The predicted octanol–water partition coefficient (Wildman–Crippen LogP) is 2.94. The van der Waals surface area contributed by atoms with Gasteiger partial charge in [0.05, 0.1) is 23.0 Å². The Hall–Kier alpha value is -2.96. The van der Waals surface area contributed by atoms with Gasteiger partial charge in [-0.15, -0.1) is 0 Å². The first kappa shape index (κ1) is 17.5. The van der Waals surface area contributed by atoms with Gasteiger partial charge < -0.3 is 15.2 Å². The van der Waals surface area contributed by atoms with Crippen molar-refractivity contribution in [3.8, 4) is 0 Å². The lowest BCUT2D eigenvalue weighted by atomic mass is 10.2. The van der Waals surface area contributed by atoms with Crippen molar-refractivity contribution in [3.63, 3.8) is 0 Å². The fourth-order valence-corrected chi connectivity index (χ4v) is 3.64. The molecule has 5 nitrogen and oxygen atoms in total. The Balaban J connectivity index is 0.000000134. The number of imidazole rings is 1. The monoisotopic (exact) mass is 370 g/mol. The normalized spacial score (nSPS) is 20.1. The van der Waals surface area contributed by atoms with Gasteiger partial charge in [-0.1, -0.05) is 12.1 Å². The quantitative estimate of drug-likeness (QED) is 0.771. The maximum Gasteiger partial charge on any atom is 0.237 e. The highest BCUT2D eigenvalue weighted by Gasteiger charge is 2.45. The van der Waals surface area contributed by atoms with Crippen LogP contribution in [0.5, 0.6) is 0 Å². The number of hydrogen-bond acceptors (Lipinski definition) is 3. The summed E-state index contributed by atoms with van der Waals surface area (Å²) in [5.74, 6) is 0.226. The molecule has 1 saturated carbocycles. The number of carbonyl (C=O) groups is 1. The summed E-state index contributed by atoms with van der Waals surface area (Å²) in [6.45, 7) is 2.06. The summed E-state index contributed by atoms with van der Waals surface area (Å²) in [6, 6.07) is 11.4. The molecule has 0 radical (unpaired) electrons. The van der Waals surface area contributed by atoms with Crippen LogP contribution in [0.25, 0.3) is 11.0 Å². The van der Waals surface area contributed by atoms with E-state index in [1.807, 2.05) is 29.2 Å². The third-order valence-electron chi connectivity index (χ3n) is 5.08. The number of halogens is 2. The molecule has 7 heteroatoms. The molecular weight excluding hydrogens is 350 g/mol. The van der Waals surface area contributed by atoms with Gasteiger partial charge in [-0.05, 0) is 42.5 Å². The topological polar surface area (TPSA) is 64.2 Å². The number of benzene rings is 2. The van der Waals surface area contributed by atoms with Crippen LogP contribution >= 0.6 is 0 Å². The first-order chi connectivity index (χ1) is 13.0. The smallest absolute Gasteiger partial charge is 0.237 e. The Morgan fingerprint density at radius 1 is 1.15 bits per heavy atom. The number of piperidine rings is 1. The van der Waals surface area contributed by atoms with Crippen molar-refractivity contribution in [2.24, 2.45) is 17.6 Å². The van der Waals surface area contributed by atoms with Crippen LogP contribution in [0.4, 0.5) is 14.5 Å². The zero-order valence-electron chi connectivity index (χ0n) is 14.7. The number of para-hydroxylation sites is 2. The number of amides is 1. The summed E-state index contributed by atoms with van der Waals surface area (Å²) in [7, 11) is 0. The van der Waals surface area contributed by atoms with E-state index in [2.05, 4.69) is 4.98 Å². The van der Waals surface area contributed by atoms with Crippen molar-refractivity contribution >= 4 is 22.6 Å². The Labute approximate surface area is 155 Å². The highest BCUT2D eigenvalue weighted by Crippen LogP contribution is 2.46. The van der Waals surface area contributed by atoms with E-state index in [1.165, 1.54) is 18.6 Å². The summed E-state index contributed by atoms with van der Waals surface area (Å²) < 4.78 is 27.8. The fourth-order valence-electron chi connectivity index (χ4n) is 3.64. The van der Waals surface area contributed by atoms with E-state index in [-0.39, 0.29) is 12.5 Å². The molecule has 2 atom stereocenters. The SMILES string of the molecule is Fc1ccc(N2CC3CC3C2)c(F)c1.NC(=O)Cn1cnc2ccccc21. The van der Waals surface area contributed by atoms with E-state index in [0.717, 1.165) is 42.0 Å². The minimum absolute atomic E-state index is 0.181. The van der Waals surface area contributed by atoms with Crippen LogP contribution in [-0.4, -0.2) is 28.5 Å². The Morgan fingerprint density at radius 2 is 1.89 bits per heavy atom. The van der Waals surface area contributed by atoms with Crippen molar-refractivity contribution < 1.29 is 13.6 Å². The van der Waals surface area contributed by atoms with Crippen molar-refractivity contribution in [3.05, 3.63) is 60.4 Å². The number of hydrogen-bond donors (Lipinski definition) is 1. The van der Waals surface area contributed by atoms with Gasteiger partial charge in [0.15, 0.2) is 0 Å². The van der Waals surface area contributed by atoms with Gasteiger partial charge in [0.1, 0.15) is 18.2 Å². The molecule has 2 unspecified atom stereocenters. The second-order valence-corrected chi connectivity index (χ2v) is 7.08. The molecule has 140 valence electrons. The maximum atomic E-state index is 13.4. The molecule has 1 saturated heterocycles. The standard InChI is InChI=1S/C11H11F2N.C9H9N3O/c12-9-1-2-11(10(13)4-9)14-5-7-3-8(7)6-14;10-9(13)5-12-6-11-7-3-1-2-4-8(7)12/h1-2,4,7-8H,3,5-6H2;1-4,6H,5H2,(H2,10,13). The lowest BCUT2D eigenvalue weighted by Crippen LogP contribution is -2.22. The van der Waals surface area contributed by atoms with Gasteiger partial charge in [-0.25, -0.2) is 13.8 Å². The Morgan fingerprint density at radius 3 is 2.59 bits per heavy atom. The summed E-state index contributed by atoms with van der Waals surface area (Å²) in [4.78, 5) is 16.8. The molecule has 1 aliphatic heterocycles. The molecule has 2 aromatic carbocycles. The van der Waals surface area contributed by atoms with Crippen molar-refractivity contribution in [2.75, 3.05) is 18.0 Å². The maximum absolute atomic E-state index is 13.4. The molecular formula is C20H20F2N4O. The molecule has 2 fully saturated rings. The van der Waals surface area contributed by atoms with E-state index < -0.39 is 11.6 Å². The molecule has 2 heterocycles. The molecule has 1 aliphatic carbocycles. The number of carbonyl (C=O) groups excluding carboxylic acids is 1. The molecule has 27 heavy (non-hydrogen) atoms. The number of anilines is 1. The lowest BCUT2D eigenvalue weighted by Gasteiger charge is -2.20. The highest BCUT2D eigenvalue weighted by molar-refractivity contribution is 5.79. The molecule has 1 aromatic heterocycles. The van der Waals surface area contributed by atoms with Crippen LogP contribution < -0.4 is 10.6 Å². The highest BCUT2D eigenvalue weighted by atomic mass is 19.1. The summed E-state index contributed by atoms with van der Waals surface area (Å²) in [6.07, 6.45) is 2.91. The molecule has 2 N–H and O–H groups in total. The second-order valence-electron chi connectivity index (χ2n) is 7.08. The molecule has 3 aromatic rings. The van der Waals surface area contributed by atoms with Crippen LogP contribution in [-0.2, 0) is 11.3 Å². The zero-order chi connectivity index (χ0) is 19.0. The lowest BCUT2D eigenvalue weighted by molar-refractivity contribution is -0.118. The van der Waals surface area contributed by atoms with Gasteiger partial charge >= 0.3 is 0 Å². The van der Waals surface area contributed by atoms with Gasteiger partial charge in [-0.3, -0.25) is 4.79 Å². The molecule has 0 bridgehead atoms. The minimum Gasteiger partial charge on any atom is -0.369 e. The van der Waals surface area contributed by atoms with E-state index in [9.17, 15) is 13.6 Å². The first-order valence-corrected chi connectivity index (χ1v) is 8.89. The van der Waals surface area contributed by atoms with E-state index in [1.54, 1.807) is 10.9 Å². The van der Waals surface area contributed by atoms with Gasteiger partial charge in [-0.2, -0.15) is 0 Å². The van der Waals surface area contributed by atoms with Gasteiger partial charge in [0.2, 0.25) is 5.91 Å². The summed E-state index contributed by atoms with van der Waals surface area (Å²) in [5, 5.41) is 0. The third kappa shape index (κ3) is 3.77. The molecule has 0 spiro atoms. The first-order valence-electron chi connectivity index (χ1n) is 8.89. The molecule has 1 amide bonds. The zero-order valence-corrected chi connectivity index (χ0v) is 14.7. The van der Waals surface area contributed by atoms with Crippen LogP contribution in [0.15, 0.2) is 48.8 Å². The number of rotatable bonds is 3. The summed E-state index contributed by atoms with van der Waals surface area (Å²) in [5.41, 5.74) is 7.45. The third-order valence-corrected chi connectivity index (χ3v) is 5.08. The van der Waals surface area contributed by atoms with Crippen LogP contribution in [0, 0.1) is 23.5 Å². The predicted molar refractivity (Wildman–Crippen MR) is 99.1 cm³/mol. The molecule has 2 aliphatic rings.